The highest BCUT2D eigenvalue weighted by atomic mass is 16.5. The van der Waals surface area contributed by atoms with Crippen LogP contribution in [0.5, 0.6) is 0 Å². The van der Waals surface area contributed by atoms with Gasteiger partial charge in [-0.25, -0.2) is 0 Å². The summed E-state index contributed by atoms with van der Waals surface area (Å²) in [5, 5.41) is 8.63. The molecule has 0 saturated heterocycles. The predicted octanol–water partition coefficient (Wildman–Crippen LogP) is 2.36. The number of methoxy groups -OCH3 is 1. The van der Waals surface area contributed by atoms with E-state index in [1.54, 1.807) is 13.2 Å². The second-order valence-corrected chi connectivity index (χ2v) is 5.79. The summed E-state index contributed by atoms with van der Waals surface area (Å²) in [5.74, 6) is 1.28. The summed E-state index contributed by atoms with van der Waals surface area (Å²) in [5.41, 5.74) is 2.65. The topological polar surface area (TPSA) is 76.0 Å². The highest BCUT2D eigenvalue weighted by Crippen LogP contribution is 2.26. The molecule has 0 radical (unpaired) electrons. The summed E-state index contributed by atoms with van der Waals surface area (Å²) < 4.78 is 7.16. The molecular formula is C18H21N5O2. The first-order chi connectivity index (χ1) is 12.1. The number of H-pyrrole nitrogens is 1. The van der Waals surface area contributed by atoms with Gasteiger partial charge in [0.15, 0.2) is 5.82 Å². The van der Waals surface area contributed by atoms with E-state index in [0.29, 0.717) is 30.6 Å². The van der Waals surface area contributed by atoms with Crippen molar-refractivity contribution in [2.45, 2.75) is 13.5 Å². The molecule has 2 aromatic heterocycles. The second kappa shape index (κ2) is 7.31. The monoisotopic (exact) mass is 339 g/mol. The van der Waals surface area contributed by atoms with Gasteiger partial charge in [-0.2, -0.15) is 0 Å². The number of hydrogen-bond donors (Lipinski definition) is 1. The van der Waals surface area contributed by atoms with Crippen LogP contribution in [0.1, 0.15) is 5.56 Å². The number of ether oxygens (including phenoxy) is 1. The molecule has 0 atom stereocenters. The number of aryl methyl sites for hydroxylation is 1. The average Bonchev–Trinajstić information content (AvgIpc) is 3.03. The smallest absolute Gasteiger partial charge is 0.248 e. The number of pyridine rings is 1. The number of hydrogen-bond acceptors (Lipinski definition) is 5. The molecule has 0 amide bonds. The zero-order valence-electron chi connectivity index (χ0n) is 14.6. The van der Waals surface area contributed by atoms with Gasteiger partial charge in [-0.05, 0) is 25.1 Å². The normalized spacial score (nSPS) is 10.8. The lowest BCUT2D eigenvalue weighted by Gasteiger charge is -2.20. The first-order valence-corrected chi connectivity index (χ1v) is 8.02. The summed E-state index contributed by atoms with van der Waals surface area (Å²) in [7, 11) is 3.59. The molecule has 3 aromatic rings. The van der Waals surface area contributed by atoms with E-state index >= 15 is 0 Å². The first-order valence-electron chi connectivity index (χ1n) is 8.02. The van der Waals surface area contributed by atoms with E-state index in [4.69, 9.17) is 4.74 Å². The molecule has 0 aliphatic rings. The Balaban J connectivity index is 2.04. The van der Waals surface area contributed by atoms with Gasteiger partial charge < -0.3 is 14.6 Å². The molecule has 1 N–H and O–H groups in total. The Bertz CT molecular complexity index is 898. The minimum atomic E-state index is -0.174. The van der Waals surface area contributed by atoms with E-state index in [1.807, 2.05) is 34.7 Å². The van der Waals surface area contributed by atoms with Crippen LogP contribution in [0.4, 0.5) is 11.6 Å². The number of anilines is 2. The maximum Gasteiger partial charge on any atom is 0.248 e. The van der Waals surface area contributed by atoms with E-state index in [9.17, 15) is 4.79 Å². The standard InChI is InChI=1S/C18H21N5O2/c1-13-7-9-14(10-8-13)22(2)18-21-20-17(23(18)11-12-25-3)15-5-4-6-16(24)19-15/h4-10H,11-12H2,1-3H3,(H,19,24). The second-order valence-electron chi connectivity index (χ2n) is 5.79. The van der Waals surface area contributed by atoms with Crippen molar-refractivity contribution in [3.05, 3.63) is 58.4 Å². The fraction of sp³-hybridized carbons (Fsp3) is 0.278. The van der Waals surface area contributed by atoms with Gasteiger partial charge in [0.05, 0.1) is 18.8 Å². The Morgan fingerprint density at radius 2 is 1.92 bits per heavy atom. The SMILES string of the molecule is COCCn1c(-c2cccc(=O)[nH]2)nnc1N(C)c1ccc(C)cc1. The molecule has 130 valence electrons. The number of nitrogens with one attached hydrogen (secondary N) is 1. The summed E-state index contributed by atoms with van der Waals surface area (Å²) in [6.45, 7) is 3.13. The molecule has 0 spiro atoms. The third kappa shape index (κ3) is 3.61. The van der Waals surface area contributed by atoms with Crippen molar-refractivity contribution in [2.24, 2.45) is 0 Å². The van der Waals surface area contributed by atoms with Gasteiger partial charge in [-0.15, -0.1) is 10.2 Å². The van der Waals surface area contributed by atoms with Crippen LogP contribution in [0.2, 0.25) is 0 Å². The van der Waals surface area contributed by atoms with Gasteiger partial charge in [-0.3, -0.25) is 9.36 Å². The lowest BCUT2D eigenvalue weighted by molar-refractivity contribution is 0.188. The molecule has 7 nitrogen and oxygen atoms in total. The summed E-state index contributed by atoms with van der Waals surface area (Å²) in [6, 6.07) is 13.2. The van der Waals surface area contributed by atoms with Crippen LogP contribution in [0.25, 0.3) is 11.5 Å². The minimum absolute atomic E-state index is 0.174. The number of nitrogens with zero attached hydrogens (tertiary/aromatic N) is 4. The Hall–Kier alpha value is -2.93. The molecular weight excluding hydrogens is 318 g/mol. The maximum atomic E-state index is 11.6. The maximum absolute atomic E-state index is 11.6. The van der Waals surface area contributed by atoms with Crippen LogP contribution < -0.4 is 10.5 Å². The van der Waals surface area contributed by atoms with Crippen LogP contribution >= 0.6 is 0 Å². The van der Waals surface area contributed by atoms with Crippen molar-refractivity contribution in [1.82, 2.24) is 19.7 Å². The number of rotatable bonds is 6. The van der Waals surface area contributed by atoms with E-state index in [-0.39, 0.29) is 5.56 Å². The molecule has 2 heterocycles. The Labute approximate surface area is 145 Å². The molecule has 7 heteroatoms. The van der Waals surface area contributed by atoms with Crippen molar-refractivity contribution < 1.29 is 4.74 Å². The summed E-state index contributed by atoms with van der Waals surface area (Å²) in [6.07, 6.45) is 0. The molecule has 1 aromatic carbocycles. The first kappa shape index (κ1) is 16.9. The Morgan fingerprint density at radius 1 is 1.16 bits per heavy atom. The fourth-order valence-corrected chi connectivity index (χ4v) is 2.59. The van der Waals surface area contributed by atoms with Crippen molar-refractivity contribution >= 4 is 11.6 Å². The number of aromatic nitrogens is 4. The lowest BCUT2D eigenvalue weighted by atomic mass is 10.2. The van der Waals surface area contributed by atoms with Crippen molar-refractivity contribution in [3.8, 4) is 11.5 Å². The Kier molecular flexibility index (Phi) is 4.95. The van der Waals surface area contributed by atoms with E-state index < -0.39 is 0 Å². The minimum Gasteiger partial charge on any atom is -0.383 e. The molecule has 25 heavy (non-hydrogen) atoms. The quantitative estimate of drug-likeness (QED) is 0.746. The molecule has 0 aliphatic heterocycles. The van der Waals surface area contributed by atoms with Gasteiger partial charge in [0, 0.05) is 25.9 Å². The number of benzene rings is 1. The van der Waals surface area contributed by atoms with E-state index in [1.165, 1.54) is 11.6 Å². The van der Waals surface area contributed by atoms with E-state index in [2.05, 4.69) is 34.2 Å². The van der Waals surface area contributed by atoms with Gasteiger partial charge in [0.25, 0.3) is 0 Å². The van der Waals surface area contributed by atoms with Crippen molar-refractivity contribution in [1.29, 1.82) is 0 Å². The zero-order valence-corrected chi connectivity index (χ0v) is 14.6. The average molecular weight is 339 g/mol. The van der Waals surface area contributed by atoms with Gasteiger partial charge in [-0.1, -0.05) is 23.8 Å². The zero-order chi connectivity index (χ0) is 17.8. The highest BCUT2D eigenvalue weighted by Gasteiger charge is 2.18. The third-order valence-corrected chi connectivity index (χ3v) is 3.98. The van der Waals surface area contributed by atoms with Crippen LogP contribution in [0, 0.1) is 6.92 Å². The van der Waals surface area contributed by atoms with E-state index in [0.717, 1.165) is 5.69 Å². The van der Waals surface area contributed by atoms with Crippen molar-refractivity contribution in [2.75, 3.05) is 25.7 Å². The molecule has 0 bridgehead atoms. The summed E-state index contributed by atoms with van der Waals surface area (Å²) in [4.78, 5) is 16.4. The Morgan fingerprint density at radius 3 is 2.60 bits per heavy atom. The van der Waals surface area contributed by atoms with Crippen molar-refractivity contribution in [3.63, 3.8) is 0 Å². The molecule has 0 unspecified atom stereocenters. The predicted molar refractivity (Wildman–Crippen MR) is 97.2 cm³/mol. The van der Waals surface area contributed by atoms with Crippen LogP contribution in [-0.4, -0.2) is 40.5 Å². The van der Waals surface area contributed by atoms with Crippen LogP contribution in [0.3, 0.4) is 0 Å². The molecule has 0 fully saturated rings. The molecule has 0 saturated carbocycles. The highest BCUT2D eigenvalue weighted by molar-refractivity contribution is 5.60. The van der Waals surface area contributed by atoms with Crippen LogP contribution in [-0.2, 0) is 11.3 Å². The third-order valence-electron chi connectivity index (χ3n) is 3.98. The van der Waals surface area contributed by atoms with Crippen LogP contribution in [0.15, 0.2) is 47.3 Å². The number of aromatic amines is 1. The summed E-state index contributed by atoms with van der Waals surface area (Å²) >= 11 is 0. The lowest BCUT2D eigenvalue weighted by Crippen LogP contribution is -2.18. The van der Waals surface area contributed by atoms with Gasteiger partial charge >= 0.3 is 0 Å². The molecule has 0 aliphatic carbocycles. The largest absolute Gasteiger partial charge is 0.383 e. The molecule has 3 rings (SSSR count). The fourth-order valence-electron chi connectivity index (χ4n) is 2.59. The van der Waals surface area contributed by atoms with Gasteiger partial charge in [0.2, 0.25) is 11.5 Å². The van der Waals surface area contributed by atoms with Gasteiger partial charge in [0.1, 0.15) is 0 Å².